The van der Waals surface area contributed by atoms with Crippen LogP contribution in [0.2, 0.25) is 0 Å². The monoisotopic (exact) mass is 447 g/mol. The lowest BCUT2D eigenvalue weighted by Gasteiger charge is -2.11. The molecular weight excluding hydrogens is 422 g/mol. The maximum absolute atomic E-state index is 13.1. The van der Waals surface area contributed by atoms with E-state index in [1.165, 1.54) is 62.9 Å². The van der Waals surface area contributed by atoms with Gasteiger partial charge in [-0.3, -0.25) is 4.79 Å². The molecular formula is C25H25N3O3S. The number of benzene rings is 2. The lowest BCUT2D eigenvalue weighted by molar-refractivity contribution is -0.114. The van der Waals surface area contributed by atoms with E-state index in [1.54, 1.807) is 0 Å². The van der Waals surface area contributed by atoms with Crippen LogP contribution in [-0.4, -0.2) is 18.9 Å². The molecule has 0 aliphatic heterocycles. The highest BCUT2D eigenvalue weighted by Crippen LogP contribution is 2.31. The third kappa shape index (κ3) is 4.46. The summed E-state index contributed by atoms with van der Waals surface area (Å²) in [6.45, 7) is 2.28. The molecule has 0 saturated heterocycles. The lowest BCUT2D eigenvalue weighted by Crippen LogP contribution is -2.07. The highest BCUT2D eigenvalue weighted by Gasteiger charge is 2.22. The van der Waals surface area contributed by atoms with Crippen LogP contribution in [0.4, 0.5) is 5.69 Å². The van der Waals surface area contributed by atoms with Crippen LogP contribution >= 0.6 is 0 Å². The summed E-state index contributed by atoms with van der Waals surface area (Å²) in [5, 5.41) is 13.2. The SMILES string of the molecule is CC(=O)Nc1ccc(S(=O)(=O)/C(C#N)=C/c2cn(CC3CCCC3)c3ccccc23)cc1. The second kappa shape index (κ2) is 9.01. The van der Waals surface area contributed by atoms with E-state index < -0.39 is 9.84 Å². The standard InChI is InChI=1S/C25H25N3O3S/c1-18(29)27-21-10-12-22(13-11-21)32(30,31)23(15-26)14-20-17-28(16-19-6-2-3-7-19)25-9-5-4-8-24(20)25/h4-5,8-14,17,19H,2-3,6-7,16H2,1H3,(H,27,29)/b23-14+. The number of amides is 1. The van der Waals surface area contributed by atoms with Crippen LogP contribution in [0.15, 0.2) is 64.5 Å². The van der Waals surface area contributed by atoms with Crippen LogP contribution in [-0.2, 0) is 21.2 Å². The normalized spacial score (nSPS) is 15.1. The van der Waals surface area contributed by atoms with Crippen LogP contribution in [0.5, 0.6) is 0 Å². The Morgan fingerprint density at radius 2 is 1.84 bits per heavy atom. The molecule has 0 atom stereocenters. The number of carbonyl (C=O) groups excluding carboxylic acids is 1. The minimum Gasteiger partial charge on any atom is -0.347 e. The van der Waals surface area contributed by atoms with Gasteiger partial charge in [0.25, 0.3) is 0 Å². The Balaban J connectivity index is 1.71. The minimum absolute atomic E-state index is 0.00842. The summed E-state index contributed by atoms with van der Waals surface area (Å²) in [6.07, 6.45) is 8.36. The molecule has 1 aliphatic carbocycles. The number of fused-ring (bicyclic) bond motifs is 1. The van der Waals surface area contributed by atoms with Gasteiger partial charge in [-0.15, -0.1) is 0 Å². The molecule has 0 bridgehead atoms. The lowest BCUT2D eigenvalue weighted by atomic mass is 10.1. The maximum Gasteiger partial charge on any atom is 0.221 e. The average Bonchev–Trinajstić information content (AvgIpc) is 3.40. The number of anilines is 1. The summed E-state index contributed by atoms with van der Waals surface area (Å²) in [4.78, 5) is 10.9. The zero-order valence-corrected chi connectivity index (χ0v) is 18.7. The van der Waals surface area contributed by atoms with Crippen molar-refractivity contribution < 1.29 is 13.2 Å². The summed E-state index contributed by atoms with van der Waals surface area (Å²) in [6, 6.07) is 15.6. The highest BCUT2D eigenvalue weighted by atomic mass is 32.2. The van der Waals surface area contributed by atoms with Crippen LogP contribution in [0.25, 0.3) is 17.0 Å². The number of nitrogens with one attached hydrogen (secondary N) is 1. The van der Waals surface area contributed by atoms with Gasteiger partial charge in [0.1, 0.15) is 11.0 Å². The van der Waals surface area contributed by atoms with Gasteiger partial charge in [0.15, 0.2) is 0 Å². The predicted octanol–water partition coefficient (Wildman–Crippen LogP) is 5.13. The smallest absolute Gasteiger partial charge is 0.221 e. The minimum atomic E-state index is -4.00. The Bertz CT molecular complexity index is 1320. The fourth-order valence-corrected chi connectivity index (χ4v) is 5.52. The van der Waals surface area contributed by atoms with E-state index in [9.17, 15) is 18.5 Å². The summed E-state index contributed by atoms with van der Waals surface area (Å²) in [7, 11) is -4.00. The average molecular weight is 448 g/mol. The molecule has 1 fully saturated rings. The fourth-order valence-electron chi connectivity index (χ4n) is 4.37. The molecule has 2 aromatic carbocycles. The number of hydrogen-bond acceptors (Lipinski definition) is 4. The van der Waals surface area contributed by atoms with Gasteiger partial charge in [0, 0.05) is 41.8 Å². The summed E-state index contributed by atoms with van der Waals surface area (Å²) < 4.78 is 28.5. The van der Waals surface area contributed by atoms with Crippen LogP contribution in [0, 0.1) is 17.2 Å². The van der Waals surface area contributed by atoms with Crippen molar-refractivity contribution in [1.29, 1.82) is 5.26 Å². The van der Waals surface area contributed by atoms with Gasteiger partial charge >= 0.3 is 0 Å². The number of aromatic nitrogens is 1. The second-order valence-corrected chi connectivity index (χ2v) is 10.2. The molecule has 32 heavy (non-hydrogen) atoms. The van der Waals surface area contributed by atoms with Crippen molar-refractivity contribution >= 4 is 38.4 Å². The fraction of sp³-hybridized carbons (Fsp3) is 0.280. The molecule has 0 spiro atoms. The zero-order chi connectivity index (χ0) is 22.7. The van der Waals surface area contributed by atoms with Crippen molar-refractivity contribution in [3.05, 3.63) is 65.2 Å². The summed E-state index contributed by atoms with van der Waals surface area (Å²) >= 11 is 0. The third-order valence-corrected chi connectivity index (χ3v) is 7.60. The number of sulfone groups is 1. The molecule has 164 valence electrons. The van der Waals surface area contributed by atoms with Crippen LogP contribution < -0.4 is 5.32 Å². The maximum atomic E-state index is 13.1. The Labute approximate surface area is 188 Å². The molecule has 7 heteroatoms. The molecule has 1 N–H and O–H groups in total. The van der Waals surface area contributed by atoms with E-state index in [0.29, 0.717) is 17.2 Å². The van der Waals surface area contributed by atoms with Gasteiger partial charge in [-0.1, -0.05) is 31.0 Å². The van der Waals surface area contributed by atoms with Gasteiger partial charge in [-0.2, -0.15) is 5.26 Å². The number of hydrogen-bond donors (Lipinski definition) is 1. The molecule has 1 aromatic heterocycles. The Kier molecular flexibility index (Phi) is 6.15. The van der Waals surface area contributed by atoms with Crippen molar-refractivity contribution in [1.82, 2.24) is 4.57 Å². The van der Waals surface area contributed by atoms with Gasteiger partial charge < -0.3 is 9.88 Å². The van der Waals surface area contributed by atoms with Crippen LogP contribution in [0.3, 0.4) is 0 Å². The number of allylic oxidation sites excluding steroid dienone is 1. The Hall–Kier alpha value is -3.37. The zero-order valence-electron chi connectivity index (χ0n) is 17.9. The molecule has 4 rings (SSSR count). The van der Waals surface area contributed by atoms with E-state index in [0.717, 1.165) is 17.4 Å². The molecule has 1 saturated carbocycles. The number of carbonyl (C=O) groups is 1. The molecule has 1 amide bonds. The molecule has 6 nitrogen and oxygen atoms in total. The Morgan fingerprint density at radius 1 is 1.16 bits per heavy atom. The van der Waals surface area contributed by atoms with E-state index >= 15 is 0 Å². The van der Waals surface area contributed by atoms with Crippen molar-refractivity contribution in [2.45, 2.75) is 44.0 Å². The first kappa shape index (κ1) is 21.8. The summed E-state index contributed by atoms with van der Waals surface area (Å²) in [5.41, 5.74) is 2.25. The van der Waals surface area contributed by atoms with Crippen molar-refractivity contribution in [3.8, 4) is 6.07 Å². The molecule has 0 radical (unpaired) electrons. The van der Waals surface area contributed by atoms with E-state index in [2.05, 4.69) is 9.88 Å². The molecule has 1 aliphatic rings. The summed E-state index contributed by atoms with van der Waals surface area (Å²) in [5.74, 6) is 0.385. The first-order valence-electron chi connectivity index (χ1n) is 10.7. The first-order valence-corrected chi connectivity index (χ1v) is 12.2. The molecule has 0 unspecified atom stereocenters. The van der Waals surface area contributed by atoms with Gasteiger partial charge in [-0.05, 0) is 55.2 Å². The number of para-hydroxylation sites is 1. The van der Waals surface area contributed by atoms with Gasteiger partial charge in [0.05, 0.1) is 4.90 Å². The number of nitriles is 1. The first-order chi connectivity index (χ1) is 15.4. The largest absolute Gasteiger partial charge is 0.347 e. The quantitative estimate of drug-likeness (QED) is 0.530. The third-order valence-electron chi connectivity index (χ3n) is 5.92. The number of nitrogens with zero attached hydrogens (tertiary/aromatic N) is 2. The van der Waals surface area contributed by atoms with Crippen molar-refractivity contribution in [3.63, 3.8) is 0 Å². The van der Waals surface area contributed by atoms with Gasteiger partial charge in [0.2, 0.25) is 15.7 Å². The molecule has 3 aromatic rings. The number of rotatable bonds is 6. The highest BCUT2D eigenvalue weighted by molar-refractivity contribution is 7.95. The van der Waals surface area contributed by atoms with Gasteiger partial charge in [-0.25, -0.2) is 8.42 Å². The molecule has 1 heterocycles. The van der Waals surface area contributed by atoms with Crippen molar-refractivity contribution in [2.75, 3.05) is 5.32 Å². The van der Waals surface area contributed by atoms with Crippen LogP contribution in [0.1, 0.15) is 38.2 Å². The van der Waals surface area contributed by atoms with E-state index in [1.807, 2.05) is 36.5 Å². The van der Waals surface area contributed by atoms with E-state index in [-0.39, 0.29) is 15.7 Å². The van der Waals surface area contributed by atoms with E-state index in [4.69, 9.17) is 0 Å². The topological polar surface area (TPSA) is 92.0 Å². The predicted molar refractivity (Wildman–Crippen MR) is 125 cm³/mol. The Morgan fingerprint density at radius 3 is 2.50 bits per heavy atom. The second-order valence-electron chi connectivity index (χ2n) is 8.23. The van der Waals surface area contributed by atoms with Crippen molar-refractivity contribution in [2.24, 2.45) is 5.92 Å².